The molecule has 0 aliphatic carbocycles. The Morgan fingerprint density at radius 2 is 2.12 bits per heavy atom. The lowest BCUT2D eigenvalue weighted by Crippen LogP contribution is -2.31. The van der Waals surface area contributed by atoms with E-state index in [0.717, 1.165) is 0 Å². The summed E-state index contributed by atoms with van der Waals surface area (Å²) in [6.07, 6.45) is 4.68. The summed E-state index contributed by atoms with van der Waals surface area (Å²) in [7, 11) is -3.70. The molecule has 26 heavy (non-hydrogen) atoms. The molecule has 2 aromatic rings. The van der Waals surface area contributed by atoms with Gasteiger partial charge in [-0.15, -0.1) is 0 Å². The molecule has 1 atom stereocenters. The average Bonchev–Trinajstić information content (AvgIpc) is 3.26. The minimum absolute atomic E-state index is 0.00772. The van der Waals surface area contributed by atoms with Crippen LogP contribution in [0.3, 0.4) is 0 Å². The molecule has 0 aromatic carbocycles. The summed E-state index contributed by atoms with van der Waals surface area (Å²) in [4.78, 5) is 11.7. The molecule has 1 aliphatic heterocycles. The molecule has 0 unspecified atom stereocenters. The second-order valence-electron chi connectivity index (χ2n) is 6.44. The summed E-state index contributed by atoms with van der Waals surface area (Å²) in [5, 5.41) is 0.00772. The summed E-state index contributed by atoms with van der Waals surface area (Å²) in [6.45, 7) is 6.09. The van der Waals surface area contributed by atoms with Gasteiger partial charge in [0.2, 0.25) is 5.82 Å². The molecule has 8 nitrogen and oxygen atoms in total. The van der Waals surface area contributed by atoms with Crippen LogP contribution in [0.25, 0.3) is 0 Å². The van der Waals surface area contributed by atoms with Crippen LogP contribution in [0, 0.1) is 5.82 Å². The van der Waals surface area contributed by atoms with Crippen LogP contribution in [0.2, 0.25) is 0 Å². The fourth-order valence-corrected chi connectivity index (χ4v) is 4.16. The van der Waals surface area contributed by atoms with E-state index in [0.29, 0.717) is 12.8 Å². The minimum Gasteiger partial charge on any atom is -0.471 e. The highest BCUT2D eigenvalue weighted by Crippen LogP contribution is 2.25. The fraction of sp³-hybridized carbons (Fsp3) is 0.562. The smallest absolute Gasteiger partial charge is 0.262 e. The number of rotatable bonds is 6. The molecule has 0 bridgehead atoms. The second kappa shape index (κ2) is 7.28. The van der Waals surface area contributed by atoms with E-state index < -0.39 is 21.9 Å². The summed E-state index contributed by atoms with van der Waals surface area (Å²) in [6, 6.07) is 0.120. The Morgan fingerprint density at radius 3 is 2.77 bits per heavy atom. The molecule has 3 heterocycles. The van der Waals surface area contributed by atoms with Crippen LogP contribution in [-0.4, -0.2) is 51.4 Å². The van der Waals surface area contributed by atoms with E-state index in [1.807, 2.05) is 13.8 Å². The Labute approximate surface area is 152 Å². The molecule has 0 spiro atoms. The normalized spacial score (nSPS) is 18.6. The maximum Gasteiger partial charge on any atom is 0.262 e. The molecule has 1 aliphatic rings. The lowest BCUT2D eigenvalue weighted by molar-refractivity contribution is 0.195. The Morgan fingerprint density at radius 1 is 1.35 bits per heavy atom. The molecule has 0 N–H and O–H groups in total. The van der Waals surface area contributed by atoms with Crippen molar-refractivity contribution in [3.05, 3.63) is 30.4 Å². The Balaban J connectivity index is 1.72. The summed E-state index contributed by atoms with van der Waals surface area (Å²) < 4.78 is 48.3. The van der Waals surface area contributed by atoms with Crippen molar-refractivity contribution in [3.8, 4) is 5.88 Å². The van der Waals surface area contributed by atoms with Crippen LogP contribution in [-0.2, 0) is 16.4 Å². The number of halogens is 1. The first kappa shape index (κ1) is 18.7. The summed E-state index contributed by atoms with van der Waals surface area (Å²) in [5.74, 6) is -0.725. The number of aryl methyl sites for hydroxylation is 1. The van der Waals surface area contributed by atoms with Gasteiger partial charge in [0.15, 0.2) is 5.03 Å². The zero-order chi connectivity index (χ0) is 18.9. The Hall–Kier alpha value is -2.07. The molecule has 142 valence electrons. The van der Waals surface area contributed by atoms with Gasteiger partial charge in [-0.05, 0) is 26.7 Å². The van der Waals surface area contributed by atoms with Crippen molar-refractivity contribution in [2.45, 2.75) is 50.8 Å². The van der Waals surface area contributed by atoms with E-state index in [4.69, 9.17) is 4.74 Å². The van der Waals surface area contributed by atoms with Crippen molar-refractivity contribution in [3.63, 3.8) is 0 Å². The predicted octanol–water partition coefficient (Wildman–Crippen LogP) is 1.80. The Bertz CT molecular complexity index is 884. The first-order chi connectivity index (χ1) is 12.3. The van der Waals surface area contributed by atoms with Gasteiger partial charge in [0.25, 0.3) is 15.9 Å². The molecular formula is C16H22FN5O3S. The first-order valence-electron chi connectivity index (χ1n) is 8.52. The van der Waals surface area contributed by atoms with Crippen molar-refractivity contribution in [1.82, 2.24) is 23.8 Å². The third kappa shape index (κ3) is 3.56. The molecule has 10 heteroatoms. The van der Waals surface area contributed by atoms with Gasteiger partial charge >= 0.3 is 0 Å². The number of imidazole rings is 1. The SMILES string of the molecule is CCc1ncnc(O[C@H]2CCN(S(=O)(=O)c3cn(C(C)C)cn3)C2)c1F. The Kier molecular flexibility index (Phi) is 5.24. The van der Waals surface area contributed by atoms with E-state index in [1.165, 1.54) is 23.2 Å². The van der Waals surface area contributed by atoms with Gasteiger partial charge in [-0.3, -0.25) is 0 Å². The number of aromatic nitrogens is 4. The highest BCUT2D eigenvalue weighted by molar-refractivity contribution is 7.89. The van der Waals surface area contributed by atoms with Gasteiger partial charge in [-0.25, -0.2) is 18.4 Å². The third-order valence-electron chi connectivity index (χ3n) is 4.33. The van der Waals surface area contributed by atoms with Crippen LogP contribution < -0.4 is 4.74 Å². The highest BCUT2D eigenvalue weighted by atomic mass is 32.2. The van der Waals surface area contributed by atoms with Crippen molar-refractivity contribution in [1.29, 1.82) is 0 Å². The number of ether oxygens (including phenoxy) is 1. The molecule has 0 saturated carbocycles. The number of hydrogen-bond donors (Lipinski definition) is 0. The van der Waals surface area contributed by atoms with Gasteiger partial charge in [-0.1, -0.05) is 6.92 Å². The van der Waals surface area contributed by atoms with Gasteiger partial charge in [0.1, 0.15) is 12.4 Å². The first-order valence-corrected chi connectivity index (χ1v) is 9.96. The van der Waals surface area contributed by atoms with Crippen molar-refractivity contribution in [2.24, 2.45) is 0 Å². The number of hydrogen-bond acceptors (Lipinski definition) is 6. The average molecular weight is 383 g/mol. The summed E-state index contributed by atoms with van der Waals surface area (Å²) in [5.41, 5.74) is 0.275. The minimum atomic E-state index is -3.70. The van der Waals surface area contributed by atoms with E-state index in [9.17, 15) is 12.8 Å². The molecular weight excluding hydrogens is 361 g/mol. The lowest BCUT2D eigenvalue weighted by Gasteiger charge is -2.16. The zero-order valence-electron chi connectivity index (χ0n) is 15.0. The standard InChI is InChI=1S/C16H22FN5O3S/c1-4-13-15(17)16(19-9-18-13)25-12-5-6-22(7-12)26(23,24)14-8-21(10-20-14)11(2)3/h8-12H,4-7H2,1-3H3/t12-/m0/s1. The molecule has 3 rings (SSSR count). The van der Waals surface area contributed by atoms with Gasteiger partial charge in [0.05, 0.1) is 18.6 Å². The van der Waals surface area contributed by atoms with Crippen LogP contribution in [0.4, 0.5) is 4.39 Å². The van der Waals surface area contributed by atoms with Crippen LogP contribution in [0.1, 0.15) is 38.9 Å². The number of sulfonamides is 1. The zero-order valence-corrected chi connectivity index (χ0v) is 15.8. The quantitative estimate of drug-likeness (QED) is 0.756. The maximum absolute atomic E-state index is 14.2. The van der Waals surface area contributed by atoms with Crippen LogP contribution in [0.15, 0.2) is 23.9 Å². The van der Waals surface area contributed by atoms with E-state index in [2.05, 4.69) is 15.0 Å². The molecule has 2 aromatic heterocycles. The maximum atomic E-state index is 14.2. The van der Waals surface area contributed by atoms with E-state index >= 15 is 0 Å². The topological polar surface area (TPSA) is 90.2 Å². The van der Waals surface area contributed by atoms with Gasteiger partial charge in [0, 0.05) is 18.8 Å². The predicted molar refractivity (Wildman–Crippen MR) is 91.8 cm³/mol. The van der Waals surface area contributed by atoms with Crippen molar-refractivity contribution < 1.29 is 17.5 Å². The highest BCUT2D eigenvalue weighted by Gasteiger charge is 2.35. The van der Waals surface area contributed by atoms with Crippen molar-refractivity contribution >= 4 is 10.0 Å². The second-order valence-corrected chi connectivity index (χ2v) is 8.32. The molecule has 0 amide bonds. The van der Waals surface area contributed by atoms with E-state index in [-0.39, 0.29) is 35.7 Å². The number of nitrogens with zero attached hydrogens (tertiary/aromatic N) is 5. The van der Waals surface area contributed by atoms with Crippen molar-refractivity contribution in [2.75, 3.05) is 13.1 Å². The van der Waals surface area contributed by atoms with Crippen LogP contribution >= 0.6 is 0 Å². The molecule has 0 radical (unpaired) electrons. The van der Waals surface area contributed by atoms with Crippen LogP contribution in [0.5, 0.6) is 5.88 Å². The third-order valence-corrected chi connectivity index (χ3v) is 6.08. The van der Waals surface area contributed by atoms with E-state index in [1.54, 1.807) is 11.5 Å². The molecule has 1 fully saturated rings. The fourth-order valence-electron chi connectivity index (χ4n) is 2.75. The van der Waals surface area contributed by atoms with Gasteiger partial charge < -0.3 is 9.30 Å². The molecule has 1 saturated heterocycles. The largest absolute Gasteiger partial charge is 0.471 e. The van der Waals surface area contributed by atoms with Gasteiger partial charge in [-0.2, -0.15) is 13.7 Å². The lowest BCUT2D eigenvalue weighted by atomic mass is 10.3. The monoisotopic (exact) mass is 383 g/mol. The summed E-state index contributed by atoms with van der Waals surface area (Å²) >= 11 is 0.